The second-order valence-electron chi connectivity index (χ2n) is 3.80. The largest absolute Gasteiger partial charge is 0.433 e. The molecule has 2 aromatic rings. The average molecular weight is 298 g/mol. The van der Waals surface area contributed by atoms with Gasteiger partial charge >= 0.3 is 6.61 Å². The number of nitrogens with zero attached hydrogens (tertiary/aromatic N) is 1. The fourth-order valence-corrected chi connectivity index (χ4v) is 1.94. The molecule has 102 valence electrons. The van der Waals surface area contributed by atoms with Crippen molar-refractivity contribution in [3.8, 4) is 22.9 Å². The lowest BCUT2D eigenvalue weighted by Gasteiger charge is -2.10. The van der Waals surface area contributed by atoms with E-state index >= 15 is 0 Å². The van der Waals surface area contributed by atoms with Crippen molar-refractivity contribution in [2.45, 2.75) is 6.61 Å². The molecule has 0 fully saturated rings. The molecule has 0 aliphatic heterocycles. The van der Waals surface area contributed by atoms with E-state index in [2.05, 4.69) is 4.74 Å². The summed E-state index contributed by atoms with van der Waals surface area (Å²) in [4.78, 5) is 0. The van der Waals surface area contributed by atoms with Crippen LogP contribution in [0.1, 0.15) is 5.56 Å². The zero-order chi connectivity index (χ0) is 14.7. The van der Waals surface area contributed by atoms with E-state index in [0.29, 0.717) is 11.1 Å². The minimum absolute atomic E-state index is 0.0402. The third-order valence-corrected chi connectivity index (χ3v) is 2.96. The van der Waals surface area contributed by atoms with Crippen LogP contribution in [0.15, 0.2) is 36.4 Å². The number of rotatable bonds is 3. The summed E-state index contributed by atoms with van der Waals surface area (Å²) in [5.74, 6) is -0.898. The fourth-order valence-electron chi connectivity index (χ4n) is 1.70. The predicted octanol–water partition coefficient (Wildman–Crippen LogP) is 4.62. The first-order valence-electron chi connectivity index (χ1n) is 5.46. The number of benzene rings is 2. The summed E-state index contributed by atoms with van der Waals surface area (Å²) >= 11 is 5.83. The van der Waals surface area contributed by atoms with Crippen LogP contribution >= 0.6 is 11.6 Å². The van der Waals surface area contributed by atoms with Gasteiger partial charge in [-0.15, -0.1) is 0 Å². The van der Waals surface area contributed by atoms with Crippen molar-refractivity contribution in [2.75, 3.05) is 0 Å². The van der Waals surface area contributed by atoms with E-state index in [4.69, 9.17) is 16.9 Å². The molecule has 0 aliphatic rings. The SMILES string of the molecule is N#Cc1ccc(-c2cccc(F)c2Cl)cc1OC(F)F. The topological polar surface area (TPSA) is 33.0 Å². The second kappa shape index (κ2) is 5.85. The van der Waals surface area contributed by atoms with Gasteiger partial charge in [-0.3, -0.25) is 0 Å². The number of hydrogen-bond acceptors (Lipinski definition) is 2. The lowest BCUT2D eigenvalue weighted by Crippen LogP contribution is -2.03. The molecule has 2 aromatic carbocycles. The van der Waals surface area contributed by atoms with E-state index in [9.17, 15) is 13.2 Å². The Morgan fingerprint density at radius 3 is 2.60 bits per heavy atom. The molecule has 0 N–H and O–H groups in total. The molecule has 0 aromatic heterocycles. The Morgan fingerprint density at radius 1 is 1.20 bits per heavy atom. The van der Waals surface area contributed by atoms with Gasteiger partial charge in [-0.25, -0.2) is 4.39 Å². The molecule has 0 saturated heterocycles. The minimum Gasteiger partial charge on any atom is -0.433 e. The first kappa shape index (κ1) is 14.2. The molecular weight excluding hydrogens is 291 g/mol. The van der Waals surface area contributed by atoms with E-state index < -0.39 is 12.4 Å². The zero-order valence-corrected chi connectivity index (χ0v) is 10.7. The molecular formula is C14H7ClF3NO. The summed E-state index contributed by atoms with van der Waals surface area (Å²) in [6.07, 6.45) is 0. The highest BCUT2D eigenvalue weighted by atomic mass is 35.5. The molecule has 0 radical (unpaired) electrons. The Morgan fingerprint density at radius 2 is 1.95 bits per heavy atom. The molecule has 2 rings (SSSR count). The first-order chi connectivity index (χ1) is 9.52. The molecule has 0 unspecified atom stereocenters. The molecule has 0 spiro atoms. The van der Waals surface area contributed by atoms with Crippen molar-refractivity contribution in [1.29, 1.82) is 5.26 Å². The van der Waals surface area contributed by atoms with Crippen LogP contribution in [-0.4, -0.2) is 6.61 Å². The van der Waals surface area contributed by atoms with Crippen LogP contribution in [0, 0.1) is 17.1 Å². The van der Waals surface area contributed by atoms with Gasteiger partial charge in [0, 0.05) is 5.56 Å². The van der Waals surface area contributed by atoms with E-state index in [1.807, 2.05) is 0 Å². The summed E-state index contributed by atoms with van der Waals surface area (Å²) in [7, 11) is 0. The van der Waals surface area contributed by atoms with Gasteiger partial charge in [-0.05, 0) is 23.8 Å². The van der Waals surface area contributed by atoms with E-state index in [0.717, 1.165) is 0 Å². The van der Waals surface area contributed by atoms with Crippen LogP contribution in [0.3, 0.4) is 0 Å². The molecule has 0 atom stereocenters. The molecule has 2 nitrogen and oxygen atoms in total. The summed E-state index contributed by atoms with van der Waals surface area (Å²) in [5.41, 5.74) is 0.668. The van der Waals surface area contributed by atoms with Crippen molar-refractivity contribution < 1.29 is 17.9 Å². The monoisotopic (exact) mass is 297 g/mol. The van der Waals surface area contributed by atoms with Crippen LogP contribution in [0.25, 0.3) is 11.1 Å². The maximum absolute atomic E-state index is 13.4. The van der Waals surface area contributed by atoms with E-state index in [1.54, 1.807) is 12.1 Å². The lowest BCUT2D eigenvalue weighted by atomic mass is 10.0. The van der Waals surface area contributed by atoms with Crippen molar-refractivity contribution in [3.63, 3.8) is 0 Å². The van der Waals surface area contributed by atoms with Gasteiger partial charge < -0.3 is 4.74 Å². The van der Waals surface area contributed by atoms with Gasteiger partial charge in [0.25, 0.3) is 0 Å². The number of ether oxygens (including phenoxy) is 1. The Bertz CT molecular complexity index is 683. The fraction of sp³-hybridized carbons (Fsp3) is 0.0714. The van der Waals surface area contributed by atoms with Crippen LogP contribution in [0.5, 0.6) is 5.75 Å². The van der Waals surface area contributed by atoms with Crippen molar-refractivity contribution in [1.82, 2.24) is 0 Å². The van der Waals surface area contributed by atoms with Gasteiger partial charge in [-0.1, -0.05) is 29.8 Å². The quantitative estimate of drug-likeness (QED) is 0.828. The maximum atomic E-state index is 13.4. The zero-order valence-electron chi connectivity index (χ0n) is 9.91. The summed E-state index contributed by atoms with van der Waals surface area (Å²) in [5, 5.41) is 8.71. The highest BCUT2D eigenvalue weighted by molar-refractivity contribution is 6.33. The van der Waals surface area contributed by atoms with Crippen LogP contribution < -0.4 is 4.74 Å². The van der Waals surface area contributed by atoms with Gasteiger partial charge in [0.1, 0.15) is 17.6 Å². The summed E-state index contributed by atoms with van der Waals surface area (Å²) in [6, 6.07) is 9.94. The Labute approximate surface area is 118 Å². The molecule has 20 heavy (non-hydrogen) atoms. The van der Waals surface area contributed by atoms with Gasteiger partial charge in [0.2, 0.25) is 0 Å². The van der Waals surface area contributed by atoms with Crippen LogP contribution in [0.4, 0.5) is 13.2 Å². The molecule has 0 amide bonds. The van der Waals surface area contributed by atoms with Gasteiger partial charge in [0.05, 0.1) is 10.6 Å². The first-order valence-corrected chi connectivity index (χ1v) is 5.84. The van der Waals surface area contributed by atoms with Crippen LogP contribution in [-0.2, 0) is 0 Å². The van der Waals surface area contributed by atoms with Crippen LogP contribution in [0.2, 0.25) is 5.02 Å². The summed E-state index contributed by atoms with van der Waals surface area (Å²) in [6.45, 7) is -3.06. The smallest absolute Gasteiger partial charge is 0.387 e. The number of hydrogen-bond donors (Lipinski definition) is 0. The van der Waals surface area contributed by atoms with E-state index in [1.165, 1.54) is 30.3 Å². The van der Waals surface area contributed by atoms with E-state index in [-0.39, 0.29) is 16.3 Å². The Kier molecular flexibility index (Phi) is 4.16. The van der Waals surface area contributed by atoms with Gasteiger partial charge in [0.15, 0.2) is 0 Å². The summed E-state index contributed by atoms with van der Waals surface area (Å²) < 4.78 is 42.3. The third-order valence-electron chi connectivity index (χ3n) is 2.58. The molecule has 0 saturated carbocycles. The highest BCUT2D eigenvalue weighted by Crippen LogP contribution is 2.33. The number of nitriles is 1. The number of alkyl halides is 2. The highest BCUT2D eigenvalue weighted by Gasteiger charge is 2.13. The molecule has 0 aliphatic carbocycles. The molecule has 0 heterocycles. The molecule has 6 heteroatoms. The maximum Gasteiger partial charge on any atom is 0.387 e. The third kappa shape index (κ3) is 2.86. The Balaban J connectivity index is 2.53. The lowest BCUT2D eigenvalue weighted by molar-refractivity contribution is -0.0500. The normalized spacial score (nSPS) is 10.4. The predicted molar refractivity (Wildman–Crippen MR) is 68.2 cm³/mol. The van der Waals surface area contributed by atoms with Crippen molar-refractivity contribution in [3.05, 3.63) is 52.8 Å². The number of halogens is 4. The Hall–Kier alpha value is -2.19. The second-order valence-corrected chi connectivity index (χ2v) is 4.18. The van der Waals surface area contributed by atoms with Gasteiger partial charge in [-0.2, -0.15) is 14.0 Å². The van der Waals surface area contributed by atoms with Crippen molar-refractivity contribution in [2.24, 2.45) is 0 Å². The van der Waals surface area contributed by atoms with Crippen molar-refractivity contribution >= 4 is 11.6 Å². The average Bonchev–Trinajstić information content (AvgIpc) is 2.41. The minimum atomic E-state index is -3.06. The standard InChI is InChI=1S/C14H7ClF3NO/c15-13-10(2-1-3-11(13)16)8-4-5-9(7-19)12(6-8)20-14(17)18/h1-6,14H. The molecule has 0 bridgehead atoms.